The maximum absolute atomic E-state index is 11.4. The fraction of sp³-hybridized carbons (Fsp3) is 0.700. The second-order valence-corrected chi connectivity index (χ2v) is 6.60. The number of hydrogen-bond acceptors (Lipinski definition) is 5. The van der Waals surface area contributed by atoms with Crippen LogP contribution in [0.2, 0.25) is 0 Å². The van der Waals surface area contributed by atoms with Gasteiger partial charge in [0.15, 0.2) is 0 Å². The molecule has 2 aliphatic heterocycles. The molecule has 0 radical (unpaired) electrons. The Balaban J connectivity index is 0.000000791. The monoisotopic (exact) mass is 365 g/mol. The maximum Gasteiger partial charge on any atom is 0.217 e. The number of carbonyl (C=O) groups excluding carboxylic acids is 1. The lowest BCUT2D eigenvalue weighted by Gasteiger charge is -2.34. The summed E-state index contributed by atoms with van der Waals surface area (Å²) in [6.45, 7) is 13.6. The van der Waals surface area contributed by atoms with Crippen molar-refractivity contribution in [2.45, 2.75) is 72.1 Å². The topological polar surface area (TPSA) is 83.5 Å². The molecule has 1 aromatic rings. The van der Waals surface area contributed by atoms with Crippen molar-refractivity contribution in [3.05, 3.63) is 28.6 Å². The van der Waals surface area contributed by atoms with Crippen LogP contribution < -0.4 is 10.6 Å². The largest absolute Gasteiger partial charge is 0.400 e. The van der Waals surface area contributed by atoms with Crippen LogP contribution in [0.15, 0.2) is 6.07 Å². The third-order valence-corrected chi connectivity index (χ3v) is 4.88. The van der Waals surface area contributed by atoms with E-state index in [1.165, 1.54) is 5.56 Å². The Morgan fingerprint density at radius 3 is 2.46 bits per heavy atom. The molecule has 0 aromatic carbocycles. The van der Waals surface area contributed by atoms with Crippen molar-refractivity contribution < 1.29 is 14.6 Å². The summed E-state index contributed by atoms with van der Waals surface area (Å²) >= 11 is 0. The van der Waals surface area contributed by atoms with Crippen molar-refractivity contribution in [2.24, 2.45) is 0 Å². The average Bonchev–Trinajstić information content (AvgIpc) is 2.93. The van der Waals surface area contributed by atoms with Gasteiger partial charge in [-0.3, -0.25) is 9.78 Å². The number of fused-ring (bicyclic) bond motifs is 2. The number of ether oxygens (including phenoxy) is 1. The SMILES string of the molecule is CC.CC(=O)NC(C)C1OC2(CCNCC2)c2nc(C)c(C)cc21.CO. The Kier molecular flexibility index (Phi) is 8.67. The number of hydrogen-bond donors (Lipinski definition) is 3. The Hall–Kier alpha value is -1.50. The predicted octanol–water partition coefficient (Wildman–Crippen LogP) is 2.51. The van der Waals surface area contributed by atoms with Gasteiger partial charge in [0.1, 0.15) is 11.7 Å². The number of amides is 1. The van der Waals surface area contributed by atoms with Gasteiger partial charge in [0.25, 0.3) is 0 Å². The zero-order valence-corrected chi connectivity index (χ0v) is 17.3. The molecule has 2 atom stereocenters. The summed E-state index contributed by atoms with van der Waals surface area (Å²) in [5, 5.41) is 13.4. The molecule has 1 saturated heterocycles. The van der Waals surface area contributed by atoms with E-state index < -0.39 is 0 Å². The van der Waals surface area contributed by atoms with Crippen LogP contribution in [-0.2, 0) is 15.1 Å². The van der Waals surface area contributed by atoms with Crippen LogP contribution in [-0.4, -0.2) is 42.2 Å². The molecule has 1 spiro atoms. The molecule has 3 rings (SSSR count). The first-order chi connectivity index (χ1) is 12.4. The molecule has 1 aromatic heterocycles. The first-order valence-corrected chi connectivity index (χ1v) is 9.52. The standard InChI is InChI=1S/C17H25N3O2.C2H6.CH4O/c1-10-9-14-15(12(3)19-13(4)21)22-17(5-7-18-8-6-17)16(14)20-11(10)2;2*1-2/h9,12,15,18H,5-8H2,1-4H3,(H,19,21);1-2H3;2H,1H3. The normalized spacial score (nSPS) is 20.8. The highest BCUT2D eigenvalue weighted by Gasteiger charge is 2.48. The zero-order valence-electron chi connectivity index (χ0n) is 17.3. The van der Waals surface area contributed by atoms with Crippen LogP contribution in [0.25, 0.3) is 0 Å². The Bertz CT molecular complexity index is 598. The number of nitrogens with zero attached hydrogens (tertiary/aromatic N) is 1. The van der Waals surface area contributed by atoms with Gasteiger partial charge in [-0.1, -0.05) is 13.8 Å². The zero-order chi connectivity index (χ0) is 19.9. The van der Waals surface area contributed by atoms with Crippen LogP contribution in [0, 0.1) is 13.8 Å². The third kappa shape index (κ3) is 4.61. The quantitative estimate of drug-likeness (QED) is 0.750. The predicted molar refractivity (Wildman–Crippen MR) is 104 cm³/mol. The van der Waals surface area contributed by atoms with E-state index in [1.54, 1.807) is 6.92 Å². The number of aromatic nitrogens is 1. The number of carbonyl (C=O) groups is 1. The molecular formula is C20H35N3O3. The van der Waals surface area contributed by atoms with Gasteiger partial charge in [0.05, 0.1) is 11.7 Å². The lowest BCUT2D eigenvalue weighted by molar-refractivity contribution is -0.126. The molecule has 148 valence electrons. The van der Waals surface area contributed by atoms with E-state index >= 15 is 0 Å². The molecule has 6 nitrogen and oxygen atoms in total. The van der Waals surface area contributed by atoms with E-state index in [4.69, 9.17) is 14.8 Å². The minimum atomic E-state index is -0.295. The van der Waals surface area contributed by atoms with Gasteiger partial charge in [0.2, 0.25) is 5.91 Å². The van der Waals surface area contributed by atoms with Crippen LogP contribution in [0.4, 0.5) is 0 Å². The summed E-state index contributed by atoms with van der Waals surface area (Å²) < 4.78 is 6.52. The molecule has 0 saturated carbocycles. The Labute approximate surface area is 157 Å². The fourth-order valence-corrected chi connectivity index (χ4v) is 3.62. The smallest absolute Gasteiger partial charge is 0.217 e. The molecule has 2 aliphatic rings. The molecular weight excluding hydrogens is 330 g/mol. The van der Waals surface area contributed by atoms with Crippen LogP contribution in [0.1, 0.15) is 69.2 Å². The van der Waals surface area contributed by atoms with Crippen molar-refractivity contribution in [1.82, 2.24) is 15.6 Å². The number of aliphatic hydroxyl groups is 1. The second kappa shape index (κ2) is 10.00. The van der Waals surface area contributed by atoms with Crippen molar-refractivity contribution >= 4 is 5.91 Å². The first-order valence-electron chi connectivity index (χ1n) is 9.52. The highest BCUT2D eigenvalue weighted by Crippen LogP contribution is 2.49. The Morgan fingerprint density at radius 1 is 1.35 bits per heavy atom. The molecule has 3 N–H and O–H groups in total. The number of rotatable bonds is 2. The summed E-state index contributed by atoms with van der Waals surface area (Å²) in [6.07, 6.45) is 1.74. The van der Waals surface area contributed by atoms with Crippen molar-refractivity contribution in [3.8, 4) is 0 Å². The van der Waals surface area contributed by atoms with E-state index in [2.05, 4.69) is 30.5 Å². The molecule has 1 fully saturated rings. The lowest BCUT2D eigenvalue weighted by Crippen LogP contribution is -2.42. The van der Waals surface area contributed by atoms with Gasteiger partial charge in [-0.15, -0.1) is 0 Å². The number of piperidine rings is 1. The van der Waals surface area contributed by atoms with E-state index in [9.17, 15) is 4.79 Å². The highest BCUT2D eigenvalue weighted by atomic mass is 16.5. The summed E-state index contributed by atoms with van der Waals surface area (Å²) in [5.41, 5.74) is 4.17. The number of aliphatic hydroxyl groups excluding tert-OH is 1. The number of nitrogens with one attached hydrogen (secondary N) is 2. The molecule has 26 heavy (non-hydrogen) atoms. The highest BCUT2D eigenvalue weighted by molar-refractivity contribution is 5.73. The van der Waals surface area contributed by atoms with Crippen molar-refractivity contribution in [1.29, 1.82) is 0 Å². The molecule has 6 heteroatoms. The minimum absolute atomic E-state index is 0.0271. The summed E-state index contributed by atoms with van der Waals surface area (Å²) in [4.78, 5) is 16.3. The third-order valence-electron chi connectivity index (χ3n) is 4.88. The number of aryl methyl sites for hydroxylation is 2. The van der Waals surface area contributed by atoms with E-state index in [0.29, 0.717) is 0 Å². The van der Waals surface area contributed by atoms with Gasteiger partial charge < -0.3 is 20.5 Å². The van der Waals surface area contributed by atoms with Crippen LogP contribution in [0.3, 0.4) is 0 Å². The first kappa shape index (κ1) is 22.5. The summed E-state index contributed by atoms with van der Waals surface area (Å²) in [5.74, 6) is -0.0271. The molecule has 0 bridgehead atoms. The second-order valence-electron chi connectivity index (χ2n) is 6.60. The van der Waals surface area contributed by atoms with Gasteiger partial charge >= 0.3 is 0 Å². The Morgan fingerprint density at radius 2 is 1.92 bits per heavy atom. The van der Waals surface area contributed by atoms with Crippen LogP contribution in [0.5, 0.6) is 0 Å². The van der Waals surface area contributed by atoms with Gasteiger partial charge in [0, 0.05) is 25.3 Å². The summed E-state index contributed by atoms with van der Waals surface area (Å²) in [7, 11) is 1.00. The molecule has 2 unspecified atom stereocenters. The van der Waals surface area contributed by atoms with Crippen molar-refractivity contribution in [3.63, 3.8) is 0 Å². The molecule has 0 aliphatic carbocycles. The molecule has 1 amide bonds. The summed E-state index contributed by atoms with van der Waals surface area (Å²) in [6, 6.07) is 2.13. The van der Waals surface area contributed by atoms with Crippen LogP contribution >= 0.6 is 0 Å². The fourth-order valence-electron chi connectivity index (χ4n) is 3.62. The minimum Gasteiger partial charge on any atom is -0.400 e. The maximum atomic E-state index is 11.4. The van der Waals surface area contributed by atoms with E-state index in [0.717, 1.165) is 50.0 Å². The lowest BCUT2D eigenvalue weighted by atomic mass is 9.87. The van der Waals surface area contributed by atoms with E-state index in [-0.39, 0.29) is 23.7 Å². The van der Waals surface area contributed by atoms with Gasteiger partial charge in [-0.05, 0) is 58.3 Å². The van der Waals surface area contributed by atoms with Crippen molar-refractivity contribution in [2.75, 3.05) is 20.2 Å². The van der Waals surface area contributed by atoms with E-state index in [1.807, 2.05) is 20.8 Å². The molecule has 3 heterocycles. The number of pyridine rings is 1. The average molecular weight is 366 g/mol. The van der Waals surface area contributed by atoms with Gasteiger partial charge in [-0.2, -0.15) is 0 Å². The van der Waals surface area contributed by atoms with Gasteiger partial charge in [-0.25, -0.2) is 0 Å².